The summed E-state index contributed by atoms with van der Waals surface area (Å²) >= 11 is 0. The smallest absolute Gasteiger partial charge is 0.273 e. The van der Waals surface area contributed by atoms with Crippen molar-refractivity contribution in [2.24, 2.45) is 7.05 Å². The minimum absolute atomic E-state index is 0.127. The maximum Gasteiger partial charge on any atom is 0.273 e. The molecule has 0 fully saturated rings. The topological polar surface area (TPSA) is 90.2 Å². The predicted octanol–water partition coefficient (Wildman–Crippen LogP) is 3.27. The highest BCUT2D eigenvalue weighted by atomic mass is 16.3. The van der Waals surface area contributed by atoms with Crippen LogP contribution in [0.1, 0.15) is 37.0 Å². The Morgan fingerprint density at radius 1 is 1.19 bits per heavy atom. The lowest BCUT2D eigenvalue weighted by Gasteiger charge is -2.13. The number of furan rings is 1. The molecule has 8 heteroatoms. The first-order valence-corrected chi connectivity index (χ1v) is 8.57. The zero-order chi connectivity index (χ0) is 19.2. The van der Waals surface area contributed by atoms with Crippen LogP contribution in [0.5, 0.6) is 0 Å². The fourth-order valence-corrected chi connectivity index (χ4v) is 2.71. The molecule has 4 rings (SSSR count). The highest BCUT2D eigenvalue weighted by Gasteiger charge is 2.22. The van der Waals surface area contributed by atoms with E-state index in [-0.39, 0.29) is 11.3 Å². The molecule has 0 saturated heterocycles. The van der Waals surface area contributed by atoms with Crippen molar-refractivity contribution in [3.05, 3.63) is 54.2 Å². The van der Waals surface area contributed by atoms with Crippen molar-refractivity contribution in [2.75, 3.05) is 5.32 Å². The molecular weight excluding hydrogens is 344 g/mol. The monoisotopic (exact) mass is 364 g/mol. The number of anilines is 1. The third kappa shape index (κ3) is 3.21. The third-order valence-electron chi connectivity index (χ3n) is 4.21. The van der Waals surface area contributed by atoms with Gasteiger partial charge in [0.1, 0.15) is 5.69 Å². The zero-order valence-corrected chi connectivity index (χ0v) is 15.6. The Bertz CT molecular complexity index is 1120. The molecular formula is C19H20N6O2. The van der Waals surface area contributed by atoms with E-state index < -0.39 is 0 Å². The number of pyridine rings is 1. The van der Waals surface area contributed by atoms with Gasteiger partial charge < -0.3 is 9.73 Å². The van der Waals surface area contributed by atoms with Gasteiger partial charge in [-0.15, -0.1) is 5.10 Å². The number of aromatic nitrogens is 5. The van der Waals surface area contributed by atoms with E-state index in [0.29, 0.717) is 28.6 Å². The predicted molar refractivity (Wildman–Crippen MR) is 101 cm³/mol. The first-order valence-electron chi connectivity index (χ1n) is 8.57. The molecule has 4 heterocycles. The van der Waals surface area contributed by atoms with Crippen LogP contribution in [0.25, 0.3) is 17.2 Å². The molecule has 8 nitrogen and oxygen atoms in total. The average molecular weight is 364 g/mol. The van der Waals surface area contributed by atoms with Crippen LogP contribution < -0.4 is 5.32 Å². The molecule has 0 bridgehead atoms. The van der Waals surface area contributed by atoms with Crippen LogP contribution in [0.4, 0.5) is 5.69 Å². The van der Waals surface area contributed by atoms with Crippen LogP contribution in [0.15, 0.2) is 47.2 Å². The molecule has 27 heavy (non-hydrogen) atoms. The number of nitrogens with zero attached hydrogens (tertiary/aromatic N) is 5. The maximum absolute atomic E-state index is 12.7. The second-order valence-electron chi connectivity index (χ2n) is 7.38. The second-order valence-corrected chi connectivity index (χ2v) is 7.38. The van der Waals surface area contributed by atoms with Crippen LogP contribution in [0, 0.1) is 0 Å². The summed E-state index contributed by atoms with van der Waals surface area (Å²) in [5.41, 5.74) is 2.51. The zero-order valence-electron chi connectivity index (χ0n) is 15.6. The van der Waals surface area contributed by atoms with Crippen molar-refractivity contribution in [3.8, 4) is 11.6 Å². The van der Waals surface area contributed by atoms with Gasteiger partial charge in [-0.3, -0.25) is 9.48 Å². The molecule has 0 aliphatic rings. The van der Waals surface area contributed by atoms with Crippen LogP contribution in [0.3, 0.4) is 0 Å². The number of aryl methyl sites for hydroxylation is 1. The fraction of sp³-hybridized carbons (Fsp3) is 0.263. The van der Waals surface area contributed by atoms with E-state index in [9.17, 15) is 4.79 Å². The number of nitrogens with one attached hydrogen (secondary N) is 1. The number of fused-ring (bicyclic) bond motifs is 1. The number of carbonyl (C=O) groups excluding carboxylic acids is 1. The summed E-state index contributed by atoms with van der Waals surface area (Å²) in [4.78, 5) is 17.1. The van der Waals surface area contributed by atoms with Crippen molar-refractivity contribution < 1.29 is 9.21 Å². The minimum atomic E-state index is -0.230. The lowest BCUT2D eigenvalue weighted by Crippen LogP contribution is -2.16. The SMILES string of the molecule is Cn1nc(C(C)(C)C)cc1C(=O)Nc1ccc2nc(-c3ccco3)nn2c1. The molecule has 0 atom stereocenters. The Labute approximate surface area is 155 Å². The van der Waals surface area contributed by atoms with Crippen LogP contribution in [-0.2, 0) is 12.5 Å². The molecule has 4 aromatic rings. The second kappa shape index (κ2) is 6.08. The van der Waals surface area contributed by atoms with Gasteiger partial charge in [0, 0.05) is 12.5 Å². The van der Waals surface area contributed by atoms with Crippen molar-refractivity contribution in [2.45, 2.75) is 26.2 Å². The summed E-state index contributed by atoms with van der Waals surface area (Å²) in [5, 5.41) is 11.7. The highest BCUT2D eigenvalue weighted by Crippen LogP contribution is 2.22. The standard InChI is InChI=1S/C19H20N6O2/c1-19(2,3)15-10-13(24(4)22-15)18(26)20-12-7-8-16-21-17(23-25(16)11-12)14-6-5-9-27-14/h5-11H,1-4H3,(H,20,26). The largest absolute Gasteiger partial charge is 0.461 e. The Hall–Kier alpha value is -3.42. The molecule has 0 spiro atoms. The highest BCUT2D eigenvalue weighted by molar-refractivity contribution is 6.03. The molecule has 1 amide bonds. The Balaban J connectivity index is 1.60. The fourth-order valence-electron chi connectivity index (χ4n) is 2.71. The molecule has 0 radical (unpaired) electrons. The van der Waals surface area contributed by atoms with Gasteiger partial charge >= 0.3 is 0 Å². The van der Waals surface area contributed by atoms with E-state index in [2.05, 4.69) is 41.3 Å². The van der Waals surface area contributed by atoms with Crippen LogP contribution in [0.2, 0.25) is 0 Å². The average Bonchev–Trinajstić information content (AvgIpc) is 3.32. The van der Waals surface area contributed by atoms with E-state index in [1.54, 1.807) is 53.0 Å². The first kappa shape index (κ1) is 17.0. The van der Waals surface area contributed by atoms with Gasteiger partial charge in [0.2, 0.25) is 5.82 Å². The van der Waals surface area contributed by atoms with Gasteiger partial charge in [0.25, 0.3) is 5.91 Å². The summed E-state index contributed by atoms with van der Waals surface area (Å²) in [5.74, 6) is 0.852. The van der Waals surface area contributed by atoms with Gasteiger partial charge in [-0.25, -0.2) is 9.50 Å². The Morgan fingerprint density at radius 2 is 2.00 bits per heavy atom. The quantitative estimate of drug-likeness (QED) is 0.602. The van der Waals surface area contributed by atoms with E-state index in [0.717, 1.165) is 5.69 Å². The summed E-state index contributed by atoms with van der Waals surface area (Å²) in [6.07, 6.45) is 3.29. The molecule has 0 aromatic carbocycles. The molecule has 138 valence electrons. The lowest BCUT2D eigenvalue weighted by molar-refractivity contribution is 0.101. The van der Waals surface area contributed by atoms with Crippen molar-refractivity contribution in [1.82, 2.24) is 24.4 Å². The van der Waals surface area contributed by atoms with Gasteiger partial charge in [-0.1, -0.05) is 20.8 Å². The lowest BCUT2D eigenvalue weighted by atomic mass is 9.92. The van der Waals surface area contributed by atoms with E-state index >= 15 is 0 Å². The molecule has 0 aliphatic carbocycles. The van der Waals surface area contributed by atoms with Gasteiger partial charge in [-0.2, -0.15) is 5.10 Å². The minimum Gasteiger partial charge on any atom is -0.461 e. The summed E-state index contributed by atoms with van der Waals surface area (Å²) in [6.45, 7) is 6.19. The number of rotatable bonds is 3. The number of amides is 1. The van der Waals surface area contributed by atoms with Crippen molar-refractivity contribution >= 4 is 17.2 Å². The van der Waals surface area contributed by atoms with Crippen molar-refractivity contribution in [3.63, 3.8) is 0 Å². The van der Waals surface area contributed by atoms with Gasteiger partial charge in [0.05, 0.1) is 23.8 Å². The van der Waals surface area contributed by atoms with Crippen LogP contribution in [-0.4, -0.2) is 30.3 Å². The summed E-state index contributed by atoms with van der Waals surface area (Å²) in [6, 6.07) is 8.98. The Kier molecular flexibility index (Phi) is 3.83. The van der Waals surface area contributed by atoms with E-state index in [4.69, 9.17) is 4.42 Å². The summed E-state index contributed by atoms with van der Waals surface area (Å²) in [7, 11) is 1.76. The molecule has 4 aromatic heterocycles. The molecule has 0 unspecified atom stereocenters. The first-order chi connectivity index (χ1) is 12.8. The maximum atomic E-state index is 12.7. The van der Waals surface area contributed by atoms with Gasteiger partial charge in [0.15, 0.2) is 11.4 Å². The van der Waals surface area contributed by atoms with Crippen LogP contribution >= 0.6 is 0 Å². The molecule has 0 saturated carbocycles. The van der Waals surface area contributed by atoms with E-state index in [1.807, 2.05) is 6.07 Å². The normalized spacial score (nSPS) is 11.9. The molecule has 0 aliphatic heterocycles. The third-order valence-corrected chi connectivity index (χ3v) is 4.21. The summed E-state index contributed by atoms with van der Waals surface area (Å²) < 4.78 is 8.53. The molecule has 1 N–H and O–H groups in total. The number of hydrogen-bond donors (Lipinski definition) is 1. The number of carbonyl (C=O) groups is 1. The van der Waals surface area contributed by atoms with E-state index in [1.165, 1.54) is 0 Å². The Morgan fingerprint density at radius 3 is 2.67 bits per heavy atom. The number of hydrogen-bond acceptors (Lipinski definition) is 5. The van der Waals surface area contributed by atoms with Crippen molar-refractivity contribution in [1.29, 1.82) is 0 Å². The van der Waals surface area contributed by atoms with Gasteiger partial charge in [-0.05, 0) is 30.3 Å².